The molecule has 0 aromatic heterocycles. The highest BCUT2D eigenvalue weighted by atomic mass is 16.6. The van der Waals surface area contributed by atoms with Crippen molar-refractivity contribution >= 4 is 6.09 Å². The van der Waals surface area contributed by atoms with Gasteiger partial charge in [0, 0.05) is 26.3 Å². The van der Waals surface area contributed by atoms with Crippen LogP contribution in [-0.4, -0.2) is 53.6 Å². The van der Waals surface area contributed by atoms with Gasteiger partial charge in [0.05, 0.1) is 5.60 Å². The summed E-state index contributed by atoms with van der Waals surface area (Å²) in [5, 5.41) is 8.78. The van der Waals surface area contributed by atoms with Crippen LogP contribution >= 0.6 is 0 Å². The molecule has 1 aliphatic rings. The van der Waals surface area contributed by atoms with Crippen molar-refractivity contribution in [3.63, 3.8) is 0 Å². The predicted molar refractivity (Wildman–Crippen MR) is 87.0 cm³/mol. The quantitative estimate of drug-likeness (QED) is 0.732. The Balaban J connectivity index is 2.38. The van der Waals surface area contributed by atoms with Gasteiger partial charge in [-0.05, 0) is 59.3 Å². The van der Waals surface area contributed by atoms with Gasteiger partial charge < -0.3 is 19.5 Å². The Morgan fingerprint density at radius 3 is 2.32 bits per heavy atom. The highest BCUT2D eigenvalue weighted by Crippen LogP contribution is 2.30. The maximum absolute atomic E-state index is 12.1. The molecule has 0 bridgehead atoms. The molecule has 0 aromatic rings. The first-order valence-electron chi connectivity index (χ1n) is 8.55. The number of aliphatic hydroxyl groups excluding tert-OH is 1. The van der Waals surface area contributed by atoms with E-state index in [1.165, 1.54) is 0 Å². The molecule has 1 heterocycles. The summed E-state index contributed by atoms with van der Waals surface area (Å²) in [6.45, 7) is 10.2. The fourth-order valence-corrected chi connectivity index (χ4v) is 2.70. The van der Waals surface area contributed by atoms with E-state index in [2.05, 4.69) is 6.92 Å². The van der Waals surface area contributed by atoms with Gasteiger partial charge in [0.15, 0.2) is 0 Å². The Labute approximate surface area is 135 Å². The number of hydrogen-bond donors (Lipinski definition) is 1. The van der Waals surface area contributed by atoms with E-state index in [1.54, 1.807) is 4.90 Å². The smallest absolute Gasteiger partial charge is 0.410 e. The molecule has 5 heteroatoms. The minimum Gasteiger partial charge on any atom is -0.444 e. The third-order valence-electron chi connectivity index (χ3n) is 4.18. The maximum atomic E-state index is 12.1. The molecule has 5 nitrogen and oxygen atoms in total. The third-order valence-corrected chi connectivity index (χ3v) is 4.18. The van der Waals surface area contributed by atoms with E-state index >= 15 is 0 Å². The molecule has 0 unspecified atom stereocenters. The van der Waals surface area contributed by atoms with Gasteiger partial charge in [0.1, 0.15) is 5.60 Å². The number of ether oxygens (including phenoxy) is 2. The molecule has 0 atom stereocenters. The van der Waals surface area contributed by atoms with E-state index in [0.717, 1.165) is 45.1 Å². The van der Waals surface area contributed by atoms with Crippen molar-refractivity contribution in [1.29, 1.82) is 0 Å². The molecular formula is C17H33NO4. The third kappa shape index (κ3) is 6.53. The molecule has 0 aromatic carbocycles. The van der Waals surface area contributed by atoms with Crippen molar-refractivity contribution in [3.05, 3.63) is 0 Å². The molecule has 1 N–H and O–H groups in total. The Morgan fingerprint density at radius 2 is 1.82 bits per heavy atom. The number of carbonyl (C=O) groups excluding carboxylic acids is 1. The number of amides is 1. The van der Waals surface area contributed by atoms with E-state index in [1.807, 2.05) is 20.8 Å². The summed E-state index contributed by atoms with van der Waals surface area (Å²) in [6.07, 6.45) is 5.30. The second-order valence-electron chi connectivity index (χ2n) is 7.14. The van der Waals surface area contributed by atoms with Crippen LogP contribution in [0, 0.1) is 0 Å². The van der Waals surface area contributed by atoms with E-state index in [0.29, 0.717) is 13.1 Å². The average molecular weight is 315 g/mol. The predicted octanol–water partition coefficient (Wildman–Crippen LogP) is 3.35. The summed E-state index contributed by atoms with van der Waals surface area (Å²) in [7, 11) is 0. The van der Waals surface area contributed by atoms with Crippen LogP contribution in [0.5, 0.6) is 0 Å². The van der Waals surface area contributed by atoms with E-state index in [4.69, 9.17) is 14.6 Å². The normalized spacial score (nSPS) is 18.3. The summed E-state index contributed by atoms with van der Waals surface area (Å²) in [6, 6.07) is 0. The van der Waals surface area contributed by atoms with Gasteiger partial charge in [0.25, 0.3) is 0 Å². The lowest BCUT2D eigenvalue weighted by molar-refractivity contribution is -0.0877. The maximum Gasteiger partial charge on any atom is 0.410 e. The zero-order chi connectivity index (χ0) is 16.6. The largest absolute Gasteiger partial charge is 0.444 e. The lowest BCUT2D eigenvalue weighted by Crippen LogP contribution is -2.49. The van der Waals surface area contributed by atoms with Crippen LogP contribution in [0.4, 0.5) is 4.79 Å². The Morgan fingerprint density at radius 1 is 1.18 bits per heavy atom. The molecule has 0 aliphatic carbocycles. The summed E-state index contributed by atoms with van der Waals surface area (Å²) in [5.74, 6) is 0. The average Bonchev–Trinajstić information content (AvgIpc) is 2.46. The Bertz CT molecular complexity index is 330. The molecule has 0 radical (unpaired) electrons. The first-order chi connectivity index (χ1) is 10.3. The Kier molecular flexibility index (Phi) is 7.63. The molecule has 1 rings (SSSR count). The minimum absolute atomic E-state index is 0.0995. The molecule has 0 spiro atoms. The highest BCUT2D eigenvalue weighted by molar-refractivity contribution is 5.68. The molecule has 1 aliphatic heterocycles. The second kappa shape index (κ2) is 8.73. The van der Waals surface area contributed by atoms with Crippen molar-refractivity contribution in [3.8, 4) is 0 Å². The molecule has 1 fully saturated rings. The van der Waals surface area contributed by atoms with Crippen LogP contribution in [0.1, 0.15) is 66.2 Å². The van der Waals surface area contributed by atoms with Gasteiger partial charge >= 0.3 is 6.09 Å². The van der Waals surface area contributed by atoms with Gasteiger partial charge in [-0.2, -0.15) is 0 Å². The molecule has 1 saturated heterocycles. The van der Waals surface area contributed by atoms with Crippen LogP contribution < -0.4 is 0 Å². The molecule has 0 saturated carbocycles. The lowest BCUT2D eigenvalue weighted by Gasteiger charge is -2.41. The van der Waals surface area contributed by atoms with Crippen molar-refractivity contribution in [2.45, 2.75) is 77.4 Å². The van der Waals surface area contributed by atoms with Crippen LogP contribution in [0.2, 0.25) is 0 Å². The van der Waals surface area contributed by atoms with Crippen LogP contribution in [0.15, 0.2) is 0 Å². The number of carbonyl (C=O) groups is 1. The topological polar surface area (TPSA) is 59.0 Å². The summed E-state index contributed by atoms with van der Waals surface area (Å²) >= 11 is 0. The highest BCUT2D eigenvalue weighted by Gasteiger charge is 2.36. The first kappa shape index (κ1) is 19.2. The van der Waals surface area contributed by atoms with Crippen molar-refractivity contribution < 1.29 is 19.4 Å². The van der Waals surface area contributed by atoms with Gasteiger partial charge in [-0.3, -0.25) is 0 Å². The van der Waals surface area contributed by atoms with Crippen LogP contribution in [-0.2, 0) is 9.47 Å². The van der Waals surface area contributed by atoms with E-state index in [-0.39, 0.29) is 18.3 Å². The number of rotatable bonds is 7. The summed E-state index contributed by atoms with van der Waals surface area (Å²) in [5.41, 5.74) is -0.544. The monoisotopic (exact) mass is 315 g/mol. The van der Waals surface area contributed by atoms with E-state index < -0.39 is 5.60 Å². The number of unbranched alkanes of at least 4 members (excludes halogenated alkanes) is 2. The number of likely N-dealkylation sites (tertiary alicyclic amines) is 1. The van der Waals surface area contributed by atoms with Crippen LogP contribution in [0.25, 0.3) is 0 Å². The molecule has 22 heavy (non-hydrogen) atoms. The second-order valence-corrected chi connectivity index (χ2v) is 7.14. The molecule has 130 valence electrons. The summed E-state index contributed by atoms with van der Waals surface area (Å²) < 4.78 is 11.6. The number of hydrogen-bond acceptors (Lipinski definition) is 4. The first-order valence-corrected chi connectivity index (χ1v) is 8.55. The molecule has 1 amide bonds. The van der Waals surface area contributed by atoms with Crippen molar-refractivity contribution in [1.82, 2.24) is 4.90 Å². The number of piperidine rings is 1. The van der Waals surface area contributed by atoms with Gasteiger partial charge in [-0.1, -0.05) is 6.92 Å². The zero-order valence-corrected chi connectivity index (χ0v) is 14.7. The number of nitrogens with zero attached hydrogens (tertiary/aromatic N) is 1. The molecular weight excluding hydrogens is 282 g/mol. The fraction of sp³-hybridized carbons (Fsp3) is 0.941. The van der Waals surface area contributed by atoms with Gasteiger partial charge in [0.2, 0.25) is 0 Å². The SMILES string of the molecule is CCC1(OCCCCCO)CCN(C(=O)OC(C)(C)C)CC1. The summed E-state index contributed by atoms with van der Waals surface area (Å²) in [4.78, 5) is 13.9. The fourth-order valence-electron chi connectivity index (χ4n) is 2.70. The van der Waals surface area contributed by atoms with Gasteiger partial charge in [-0.25, -0.2) is 4.79 Å². The van der Waals surface area contributed by atoms with Crippen molar-refractivity contribution in [2.75, 3.05) is 26.3 Å². The zero-order valence-electron chi connectivity index (χ0n) is 14.7. The van der Waals surface area contributed by atoms with Crippen molar-refractivity contribution in [2.24, 2.45) is 0 Å². The van der Waals surface area contributed by atoms with Crippen LogP contribution in [0.3, 0.4) is 0 Å². The lowest BCUT2D eigenvalue weighted by atomic mass is 9.88. The van der Waals surface area contributed by atoms with E-state index in [9.17, 15) is 4.79 Å². The standard InChI is InChI=1S/C17H33NO4/c1-5-17(21-14-8-6-7-13-19)9-11-18(12-10-17)15(20)22-16(2,3)4/h19H,5-14H2,1-4H3. The minimum atomic E-state index is -0.445. The Hall–Kier alpha value is -0.810. The number of aliphatic hydroxyl groups is 1. The van der Waals surface area contributed by atoms with Gasteiger partial charge in [-0.15, -0.1) is 0 Å².